The van der Waals surface area contributed by atoms with E-state index in [4.69, 9.17) is 26.9 Å². The highest BCUT2D eigenvalue weighted by atomic mass is 35.5. The molecule has 0 radical (unpaired) electrons. The monoisotopic (exact) mass is 409 g/mol. The fraction of sp³-hybridized carbons (Fsp3) is 0.412. The Morgan fingerprint density at radius 3 is 2.79 bits per heavy atom. The maximum atomic E-state index is 10.2. The molecule has 4 rings (SSSR count). The van der Waals surface area contributed by atoms with Crippen molar-refractivity contribution in [3.63, 3.8) is 0 Å². The smallest absolute Gasteiger partial charge is 0.165 e. The van der Waals surface area contributed by atoms with Crippen molar-refractivity contribution in [2.24, 2.45) is 10.7 Å². The molecule has 3 heterocycles. The lowest BCUT2D eigenvalue weighted by Gasteiger charge is -2.24. The molecule has 1 fully saturated rings. The fourth-order valence-corrected chi connectivity index (χ4v) is 3.38. The van der Waals surface area contributed by atoms with Crippen LogP contribution in [0.3, 0.4) is 0 Å². The number of nitrogens with zero attached hydrogens (tertiary/aromatic N) is 4. The molecule has 1 saturated heterocycles. The molecular formula is C17H20ClN5O5. The summed E-state index contributed by atoms with van der Waals surface area (Å²) in [7, 11) is 0. The average molecular weight is 410 g/mol. The van der Waals surface area contributed by atoms with Crippen LogP contribution in [-0.2, 0) is 16.2 Å². The average Bonchev–Trinajstić information content (AvgIpc) is 3.24. The van der Waals surface area contributed by atoms with Gasteiger partial charge in [0, 0.05) is 5.02 Å². The Morgan fingerprint density at radius 2 is 2.07 bits per heavy atom. The molecule has 28 heavy (non-hydrogen) atoms. The quantitative estimate of drug-likeness (QED) is 0.453. The van der Waals surface area contributed by atoms with E-state index < -0.39 is 31.1 Å². The largest absolute Gasteiger partial charge is 0.394 e. The molecule has 2 aliphatic heterocycles. The summed E-state index contributed by atoms with van der Waals surface area (Å²) >= 11 is 6.13. The second-order valence-electron chi connectivity index (χ2n) is 6.48. The first-order chi connectivity index (χ1) is 13.5. The molecule has 10 nitrogen and oxygen atoms in total. The molecule has 0 spiro atoms. The maximum absolute atomic E-state index is 10.2. The van der Waals surface area contributed by atoms with Crippen molar-refractivity contribution in [2.75, 3.05) is 13.3 Å². The first kappa shape index (κ1) is 19.1. The number of hydroxylamine groups is 2. The van der Waals surface area contributed by atoms with Crippen molar-refractivity contribution in [3.05, 3.63) is 52.0 Å². The van der Waals surface area contributed by atoms with Crippen LogP contribution in [0.1, 0.15) is 11.8 Å². The molecule has 0 unspecified atom stereocenters. The lowest BCUT2D eigenvalue weighted by Crippen LogP contribution is -2.47. The first-order valence-electron chi connectivity index (χ1n) is 8.64. The van der Waals surface area contributed by atoms with E-state index in [2.05, 4.69) is 9.98 Å². The highest BCUT2D eigenvalue weighted by Crippen LogP contribution is 2.27. The van der Waals surface area contributed by atoms with Crippen molar-refractivity contribution in [3.8, 4) is 0 Å². The number of aliphatic hydroxyl groups excluding tert-OH is 3. The number of nitrogens with two attached hydrogens (primary N) is 1. The lowest BCUT2D eigenvalue weighted by molar-refractivity contribution is -0.124. The summed E-state index contributed by atoms with van der Waals surface area (Å²) in [5.41, 5.74) is 7.38. The number of ether oxygens (including phenoxy) is 1. The topological polar surface area (TPSA) is 139 Å². The third kappa shape index (κ3) is 3.24. The van der Waals surface area contributed by atoms with Crippen molar-refractivity contribution in [1.29, 1.82) is 0 Å². The van der Waals surface area contributed by atoms with Crippen LogP contribution in [0.25, 0.3) is 5.82 Å². The normalized spacial score (nSPS) is 27.0. The van der Waals surface area contributed by atoms with Gasteiger partial charge in [-0.1, -0.05) is 29.8 Å². The minimum Gasteiger partial charge on any atom is -0.394 e. The summed E-state index contributed by atoms with van der Waals surface area (Å²) in [6, 6.07) is 7.31. The van der Waals surface area contributed by atoms with E-state index in [1.807, 2.05) is 18.2 Å². The minimum absolute atomic E-state index is 0.101. The van der Waals surface area contributed by atoms with Gasteiger partial charge in [0.05, 0.1) is 12.9 Å². The van der Waals surface area contributed by atoms with Gasteiger partial charge >= 0.3 is 0 Å². The van der Waals surface area contributed by atoms with Gasteiger partial charge in [-0.05, 0) is 11.6 Å². The second-order valence-corrected chi connectivity index (χ2v) is 6.89. The first-order valence-corrected chi connectivity index (χ1v) is 9.02. The van der Waals surface area contributed by atoms with Gasteiger partial charge in [-0.25, -0.2) is 15.0 Å². The minimum atomic E-state index is -1.23. The highest BCUT2D eigenvalue weighted by Gasteiger charge is 2.43. The van der Waals surface area contributed by atoms with Gasteiger partial charge in [0.1, 0.15) is 36.9 Å². The number of benzene rings is 1. The van der Waals surface area contributed by atoms with Gasteiger partial charge in [-0.15, -0.1) is 0 Å². The van der Waals surface area contributed by atoms with Crippen LogP contribution < -0.4 is 16.6 Å². The Bertz CT molecular complexity index is 983. The second kappa shape index (κ2) is 7.66. The third-order valence-electron chi connectivity index (χ3n) is 4.75. The Kier molecular flexibility index (Phi) is 5.23. The molecule has 1 aromatic carbocycles. The van der Waals surface area contributed by atoms with E-state index >= 15 is 0 Å². The van der Waals surface area contributed by atoms with E-state index in [1.54, 1.807) is 6.07 Å². The van der Waals surface area contributed by atoms with E-state index in [0.717, 1.165) is 5.56 Å². The summed E-state index contributed by atoms with van der Waals surface area (Å²) in [5, 5.41) is 31.8. The summed E-state index contributed by atoms with van der Waals surface area (Å²) < 4.78 is 7.01. The molecule has 2 aromatic rings. The molecule has 150 valence electrons. The summed E-state index contributed by atoms with van der Waals surface area (Å²) in [5.74, 6) is 0.252. The Hall–Kier alpha value is -2.21. The Balaban J connectivity index is 1.57. The zero-order valence-corrected chi connectivity index (χ0v) is 15.5. The third-order valence-corrected chi connectivity index (χ3v) is 5.12. The van der Waals surface area contributed by atoms with Crippen LogP contribution in [0, 0.1) is 0 Å². The molecule has 0 saturated carbocycles. The molecule has 11 heteroatoms. The molecule has 0 aliphatic carbocycles. The Morgan fingerprint density at radius 1 is 1.29 bits per heavy atom. The number of aliphatic hydroxyl groups is 3. The number of imidazole rings is 1. The molecule has 1 aromatic heterocycles. The van der Waals surface area contributed by atoms with Crippen molar-refractivity contribution in [2.45, 2.75) is 31.1 Å². The number of rotatable bonds is 5. The predicted molar refractivity (Wildman–Crippen MR) is 96.6 cm³/mol. The SMILES string of the molecule is NC1=c2ncn([C@@H]3O[C@H](CO)[C@@H](O)[C@H]3O)c2=NCN1OCc1ccccc1Cl. The summed E-state index contributed by atoms with van der Waals surface area (Å²) in [6.45, 7) is -0.106. The van der Waals surface area contributed by atoms with Gasteiger partial charge in [0.2, 0.25) is 0 Å². The lowest BCUT2D eigenvalue weighted by atomic mass is 10.1. The number of hydrogen-bond acceptors (Lipinski definition) is 9. The summed E-state index contributed by atoms with van der Waals surface area (Å²) in [6.07, 6.45) is -2.86. The molecule has 4 atom stereocenters. The number of halogens is 1. The van der Waals surface area contributed by atoms with Crippen molar-refractivity contribution in [1.82, 2.24) is 14.6 Å². The van der Waals surface area contributed by atoms with E-state index in [9.17, 15) is 15.3 Å². The molecule has 0 amide bonds. The van der Waals surface area contributed by atoms with Crippen LogP contribution in [-0.4, -0.2) is 61.5 Å². The van der Waals surface area contributed by atoms with Gasteiger partial charge in [-0.3, -0.25) is 9.40 Å². The van der Waals surface area contributed by atoms with Crippen LogP contribution in [0.2, 0.25) is 5.02 Å². The van der Waals surface area contributed by atoms with E-state index in [1.165, 1.54) is 16.0 Å². The highest BCUT2D eigenvalue weighted by molar-refractivity contribution is 6.31. The van der Waals surface area contributed by atoms with Crippen LogP contribution in [0.15, 0.2) is 35.6 Å². The van der Waals surface area contributed by atoms with Crippen molar-refractivity contribution >= 4 is 17.4 Å². The number of aromatic nitrogens is 2. The standard InChI is InChI=1S/C17H20ClN5O5/c18-10-4-2-1-3-9(10)6-27-23-8-21-16-12(15(23)19)20-7-22(16)17-14(26)13(25)11(5-24)28-17/h1-4,7,11,13-14,17,24-26H,5-6,8,19H2/t11-,13-,14-,17-/m1/s1. The van der Waals surface area contributed by atoms with Crippen LogP contribution in [0.5, 0.6) is 0 Å². The van der Waals surface area contributed by atoms with Crippen LogP contribution in [0.4, 0.5) is 0 Å². The molecule has 0 bridgehead atoms. The summed E-state index contributed by atoms with van der Waals surface area (Å²) in [4.78, 5) is 14.4. The number of fused-ring (bicyclic) bond motifs is 1. The molecule has 2 aliphatic rings. The zero-order chi connectivity index (χ0) is 19.8. The van der Waals surface area contributed by atoms with E-state index in [0.29, 0.717) is 15.9 Å². The maximum Gasteiger partial charge on any atom is 0.165 e. The van der Waals surface area contributed by atoms with Crippen molar-refractivity contribution < 1.29 is 24.9 Å². The zero-order valence-electron chi connectivity index (χ0n) is 14.7. The molecule has 5 N–H and O–H groups in total. The van der Waals surface area contributed by atoms with Crippen LogP contribution >= 0.6 is 11.6 Å². The Labute approximate surface area is 164 Å². The van der Waals surface area contributed by atoms with Gasteiger partial charge < -0.3 is 25.8 Å². The van der Waals surface area contributed by atoms with E-state index in [-0.39, 0.29) is 19.1 Å². The molecular weight excluding hydrogens is 390 g/mol. The number of hydrogen-bond donors (Lipinski definition) is 4. The predicted octanol–water partition coefficient (Wildman–Crippen LogP) is -1.80. The fourth-order valence-electron chi connectivity index (χ4n) is 3.19. The van der Waals surface area contributed by atoms with Gasteiger partial charge in [-0.2, -0.15) is 0 Å². The van der Waals surface area contributed by atoms with Gasteiger partial charge in [0.15, 0.2) is 17.5 Å². The van der Waals surface area contributed by atoms with Gasteiger partial charge in [0.25, 0.3) is 0 Å².